The standard InChI is InChI=1S/C59H101N3O14/c1-38-27-28-39(2)50(72-18)31-29-40(3)56(67)44(7)52(76-59(69)49(36-70-16)61(13)14)24-20-19-21-26-54(65)74-51(25-22-23-48(35-38)71-17)43(6)55(66)41(4)30-32-53(75-58(68)46(9)60(11)12)45(8)57(73-47(10)64)42(5)33-34-62(15)37-63/h19-23,26,28,33-34,37-38,40-46,48-53,55-57,66-67H,24-25,27,29-32,35-36H2,1-18H3/b20-19+,23-22+,26-21+,34-33+,39-28+/t38-,40-,41+,42-,43-,44-,45+,46-,48+,49-,50+,51+,52-,53-,55+,56-,57-/m1/s1. The van der Waals surface area contributed by atoms with Crippen molar-refractivity contribution < 1.29 is 67.3 Å². The van der Waals surface area contributed by atoms with Crippen molar-refractivity contribution in [3.63, 3.8) is 0 Å². The van der Waals surface area contributed by atoms with E-state index in [-0.39, 0.29) is 55.3 Å². The van der Waals surface area contributed by atoms with Gasteiger partial charge in [0.2, 0.25) is 6.41 Å². The largest absolute Gasteiger partial charge is 0.462 e. The van der Waals surface area contributed by atoms with Crippen molar-refractivity contribution in [1.29, 1.82) is 0 Å². The average Bonchev–Trinajstić information content (AvgIpc) is 3.38. The number of esters is 4. The highest BCUT2D eigenvalue weighted by Crippen LogP contribution is 2.32. The Balaban J connectivity index is 3.70. The van der Waals surface area contributed by atoms with Gasteiger partial charge in [-0.3, -0.25) is 29.0 Å². The first kappa shape index (κ1) is 69.8. The number of amides is 1. The van der Waals surface area contributed by atoms with E-state index in [1.807, 2.05) is 53.7 Å². The number of hydrogen-bond acceptors (Lipinski definition) is 16. The number of rotatable bonds is 23. The Morgan fingerprint density at radius 1 is 0.868 bits per heavy atom. The van der Waals surface area contributed by atoms with Crippen LogP contribution < -0.4 is 0 Å². The van der Waals surface area contributed by atoms with Crippen LogP contribution in [0.4, 0.5) is 0 Å². The molecule has 0 bridgehead atoms. The second-order valence-electron chi connectivity index (χ2n) is 21.9. The zero-order valence-corrected chi connectivity index (χ0v) is 49.6. The molecule has 0 radical (unpaired) electrons. The zero-order valence-electron chi connectivity index (χ0n) is 49.6. The van der Waals surface area contributed by atoms with Gasteiger partial charge in [-0.15, -0.1) is 0 Å². The summed E-state index contributed by atoms with van der Waals surface area (Å²) in [4.78, 5) is 69.3. The molecule has 0 saturated heterocycles. The normalized spacial score (nSPS) is 28.6. The van der Waals surface area contributed by atoms with Gasteiger partial charge in [0, 0.05) is 84.1 Å². The fourth-order valence-corrected chi connectivity index (χ4v) is 9.39. The molecule has 0 saturated carbocycles. The van der Waals surface area contributed by atoms with Crippen LogP contribution in [-0.2, 0) is 57.1 Å². The summed E-state index contributed by atoms with van der Waals surface area (Å²) in [5.74, 6) is -4.21. The number of likely N-dealkylation sites (N-methyl/N-ethyl adjacent to an activating group) is 2. The molecule has 0 fully saturated rings. The number of carbonyl (C=O) groups is 5. The number of nitrogens with zero attached hydrogens (tertiary/aromatic N) is 3. The van der Waals surface area contributed by atoms with Crippen LogP contribution >= 0.6 is 0 Å². The molecule has 2 N–H and O–H groups in total. The average molecular weight is 1080 g/mol. The van der Waals surface area contributed by atoms with Gasteiger partial charge in [-0.1, -0.05) is 91.0 Å². The molecule has 0 spiro atoms. The molecule has 0 aliphatic carbocycles. The Hall–Kier alpha value is -4.23. The summed E-state index contributed by atoms with van der Waals surface area (Å²) >= 11 is 0. The SMILES string of the molecule is COC[C@H](C(=O)O[C@@H]1C/C=C/C=C/C(=O)O[C@H]([C@@H](C)[C@@H](O)[C@@H](C)CC[C@@H](OC(=O)[C@@H](C)N(C)C)[C@H](C)[C@H](OC(C)=O)[C@H](C)/C=C/N(C)C=O)C/C=C/[C@H](OC)C[C@H](C)C/C=C(\C)[C@@H](OC)CC[C@@H](C)[C@@H](O)[C@@H]1C)N(C)C. The molecule has 1 rings (SSSR count). The van der Waals surface area contributed by atoms with Crippen molar-refractivity contribution in [2.24, 2.45) is 41.4 Å². The first-order valence-electron chi connectivity index (χ1n) is 27.3. The van der Waals surface area contributed by atoms with Gasteiger partial charge in [-0.2, -0.15) is 0 Å². The first-order chi connectivity index (χ1) is 35.7. The lowest BCUT2D eigenvalue weighted by atomic mass is 9.82. The van der Waals surface area contributed by atoms with Crippen LogP contribution in [0, 0.1) is 41.4 Å². The molecular weight excluding hydrogens is 975 g/mol. The lowest BCUT2D eigenvalue weighted by molar-refractivity contribution is -0.166. The summed E-state index contributed by atoms with van der Waals surface area (Å²) in [6.07, 6.45) is 15.5. The maximum atomic E-state index is 13.6. The van der Waals surface area contributed by atoms with Crippen molar-refractivity contribution in [3.8, 4) is 0 Å². The summed E-state index contributed by atoms with van der Waals surface area (Å²) in [7, 11) is 13.6. The fourth-order valence-electron chi connectivity index (χ4n) is 9.39. The van der Waals surface area contributed by atoms with Crippen LogP contribution in [0.5, 0.6) is 0 Å². The second-order valence-corrected chi connectivity index (χ2v) is 21.9. The number of aliphatic hydroxyl groups is 2. The minimum atomic E-state index is -0.973. The van der Waals surface area contributed by atoms with Crippen LogP contribution in [0.25, 0.3) is 0 Å². The topological polar surface area (TPSA) is 200 Å². The highest BCUT2D eigenvalue weighted by Gasteiger charge is 2.38. The third-order valence-electron chi connectivity index (χ3n) is 15.2. The molecule has 1 amide bonds. The van der Waals surface area contributed by atoms with E-state index in [1.54, 1.807) is 96.7 Å². The molecule has 0 aromatic rings. The van der Waals surface area contributed by atoms with E-state index in [9.17, 15) is 34.2 Å². The van der Waals surface area contributed by atoms with E-state index < -0.39 is 90.3 Å². The minimum Gasteiger partial charge on any atom is -0.462 e. The van der Waals surface area contributed by atoms with Crippen LogP contribution in [0.1, 0.15) is 121 Å². The first-order valence-corrected chi connectivity index (χ1v) is 27.3. The summed E-state index contributed by atoms with van der Waals surface area (Å²) in [5, 5.41) is 23.8. The maximum Gasteiger partial charge on any atom is 0.331 e. The number of aliphatic hydroxyl groups excluding tert-OH is 2. The lowest BCUT2D eigenvalue weighted by Crippen LogP contribution is -2.44. The number of cyclic esters (lactones) is 1. The molecule has 0 aromatic heterocycles. The van der Waals surface area contributed by atoms with Crippen molar-refractivity contribution in [2.45, 2.75) is 182 Å². The Morgan fingerprint density at radius 2 is 1.54 bits per heavy atom. The number of allylic oxidation sites excluding steroid dienone is 3. The molecule has 17 atom stereocenters. The van der Waals surface area contributed by atoms with Gasteiger partial charge in [-0.05, 0) is 104 Å². The quantitative estimate of drug-likeness (QED) is 0.0435. The third-order valence-corrected chi connectivity index (χ3v) is 15.2. The molecule has 1 heterocycles. The molecule has 76 heavy (non-hydrogen) atoms. The highest BCUT2D eigenvalue weighted by atomic mass is 16.6. The van der Waals surface area contributed by atoms with E-state index in [0.29, 0.717) is 32.1 Å². The summed E-state index contributed by atoms with van der Waals surface area (Å²) in [6.45, 7) is 18.8. The number of ether oxygens (including phenoxy) is 7. The van der Waals surface area contributed by atoms with Gasteiger partial charge in [-0.25, -0.2) is 4.79 Å². The Morgan fingerprint density at radius 3 is 2.12 bits per heavy atom. The van der Waals surface area contributed by atoms with Gasteiger partial charge < -0.3 is 48.3 Å². The third kappa shape index (κ3) is 25.1. The van der Waals surface area contributed by atoms with E-state index in [4.69, 9.17) is 33.2 Å². The van der Waals surface area contributed by atoms with Crippen molar-refractivity contribution in [1.82, 2.24) is 14.7 Å². The molecule has 1 aliphatic rings. The van der Waals surface area contributed by atoms with Crippen LogP contribution in [0.3, 0.4) is 0 Å². The summed E-state index contributed by atoms with van der Waals surface area (Å²) in [6, 6.07) is -1.23. The Kier molecular flexibility index (Phi) is 33.8. The Bertz CT molecular complexity index is 1870. The second kappa shape index (κ2) is 36.8. The molecular formula is C59H101N3O14. The van der Waals surface area contributed by atoms with E-state index in [1.165, 1.54) is 25.0 Å². The van der Waals surface area contributed by atoms with E-state index in [0.717, 1.165) is 18.4 Å². The molecule has 0 unspecified atom stereocenters. The van der Waals surface area contributed by atoms with Crippen LogP contribution in [0.2, 0.25) is 0 Å². The predicted octanol–water partition coefficient (Wildman–Crippen LogP) is 7.74. The van der Waals surface area contributed by atoms with Gasteiger partial charge in [0.05, 0.1) is 31.0 Å². The van der Waals surface area contributed by atoms with Crippen molar-refractivity contribution >= 4 is 30.3 Å². The summed E-state index contributed by atoms with van der Waals surface area (Å²) < 4.78 is 41.5. The predicted molar refractivity (Wildman–Crippen MR) is 297 cm³/mol. The molecule has 17 heteroatoms. The van der Waals surface area contributed by atoms with E-state index >= 15 is 0 Å². The molecule has 0 aromatic carbocycles. The number of methoxy groups -OCH3 is 3. The number of hydrogen-bond donors (Lipinski definition) is 2. The van der Waals surface area contributed by atoms with E-state index in [2.05, 4.69) is 19.9 Å². The number of carbonyl (C=O) groups excluding carboxylic acids is 5. The van der Waals surface area contributed by atoms with Crippen LogP contribution in [0.15, 0.2) is 60.4 Å². The molecule has 436 valence electrons. The van der Waals surface area contributed by atoms with Crippen LogP contribution in [-0.4, -0.2) is 179 Å². The fraction of sp³-hybridized carbons (Fsp3) is 0.746. The summed E-state index contributed by atoms with van der Waals surface area (Å²) in [5.41, 5.74) is 1.10. The smallest absolute Gasteiger partial charge is 0.331 e. The van der Waals surface area contributed by atoms with Gasteiger partial charge in [0.1, 0.15) is 36.5 Å². The highest BCUT2D eigenvalue weighted by molar-refractivity contribution is 5.82. The van der Waals surface area contributed by atoms with Crippen molar-refractivity contribution in [2.75, 3.05) is 63.2 Å². The maximum absolute atomic E-state index is 13.6. The zero-order chi connectivity index (χ0) is 57.8. The molecule has 17 nitrogen and oxygen atoms in total. The van der Waals surface area contributed by atoms with Crippen molar-refractivity contribution in [3.05, 3.63) is 60.4 Å². The lowest BCUT2D eigenvalue weighted by Gasteiger charge is -2.35. The Labute approximate surface area is 457 Å². The van der Waals surface area contributed by atoms with Gasteiger partial charge in [0.25, 0.3) is 0 Å². The monoisotopic (exact) mass is 1080 g/mol. The van der Waals surface area contributed by atoms with Gasteiger partial charge >= 0.3 is 23.9 Å². The minimum absolute atomic E-state index is 0.129. The molecule has 1 aliphatic heterocycles. The van der Waals surface area contributed by atoms with Gasteiger partial charge in [0.15, 0.2) is 0 Å².